The number of aryl methyl sites for hydroxylation is 1. The molecule has 3 rings (SSSR count). The summed E-state index contributed by atoms with van der Waals surface area (Å²) in [6.07, 6.45) is 6.76. The van der Waals surface area contributed by atoms with E-state index in [1.54, 1.807) is 12.1 Å². The Balaban J connectivity index is 1.72. The van der Waals surface area contributed by atoms with Crippen molar-refractivity contribution in [2.45, 2.75) is 58.9 Å². The van der Waals surface area contributed by atoms with E-state index in [2.05, 4.69) is 67.0 Å². The summed E-state index contributed by atoms with van der Waals surface area (Å²) in [6.45, 7) is 5.84. The maximum absolute atomic E-state index is 14.2. The van der Waals surface area contributed by atoms with Gasteiger partial charge < -0.3 is 9.64 Å². The largest absolute Gasteiger partial charge is 0.465 e. The SMILES string of the molecule is CCCCCN(Cc1ccc(C#Cc2ccc(CCCC)cc2)cc1)c1ccc(F)c(C(=O)OC)c1. The van der Waals surface area contributed by atoms with Crippen LogP contribution in [-0.4, -0.2) is 19.6 Å². The summed E-state index contributed by atoms with van der Waals surface area (Å²) in [6, 6.07) is 21.4. The summed E-state index contributed by atoms with van der Waals surface area (Å²) in [5.74, 6) is 5.27. The van der Waals surface area contributed by atoms with Crippen LogP contribution < -0.4 is 4.90 Å². The third-order valence-corrected chi connectivity index (χ3v) is 6.20. The molecular formula is C32H36FNO2. The lowest BCUT2D eigenvalue weighted by Crippen LogP contribution is -2.24. The lowest BCUT2D eigenvalue weighted by Gasteiger charge is -2.25. The third-order valence-electron chi connectivity index (χ3n) is 6.20. The monoisotopic (exact) mass is 485 g/mol. The molecule has 0 aliphatic rings. The Bertz CT molecular complexity index is 1170. The van der Waals surface area contributed by atoms with E-state index in [9.17, 15) is 9.18 Å². The van der Waals surface area contributed by atoms with E-state index in [4.69, 9.17) is 4.74 Å². The number of benzene rings is 3. The number of hydrogen-bond acceptors (Lipinski definition) is 3. The minimum absolute atomic E-state index is 0.0421. The Morgan fingerprint density at radius 1 is 0.833 bits per heavy atom. The molecular weight excluding hydrogens is 449 g/mol. The number of rotatable bonds is 11. The van der Waals surface area contributed by atoms with Gasteiger partial charge in [0.2, 0.25) is 0 Å². The minimum Gasteiger partial charge on any atom is -0.465 e. The van der Waals surface area contributed by atoms with Gasteiger partial charge in [0, 0.05) is 29.9 Å². The molecule has 0 amide bonds. The van der Waals surface area contributed by atoms with Crippen molar-refractivity contribution in [3.8, 4) is 11.8 Å². The molecule has 188 valence electrons. The van der Waals surface area contributed by atoms with Gasteiger partial charge >= 0.3 is 5.97 Å². The van der Waals surface area contributed by atoms with E-state index in [0.29, 0.717) is 6.54 Å². The predicted molar refractivity (Wildman–Crippen MR) is 146 cm³/mol. The van der Waals surface area contributed by atoms with Gasteiger partial charge in [0.1, 0.15) is 5.82 Å². The zero-order valence-corrected chi connectivity index (χ0v) is 21.6. The third kappa shape index (κ3) is 7.99. The molecule has 0 N–H and O–H groups in total. The zero-order valence-electron chi connectivity index (χ0n) is 21.6. The van der Waals surface area contributed by atoms with Crippen molar-refractivity contribution in [1.82, 2.24) is 0 Å². The van der Waals surface area contributed by atoms with E-state index in [0.717, 1.165) is 54.6 Å². The van der Waals surface area contributed by atoms with Crippen molar-refractivity contribution in [3.05, 3.63) is 100 Å². The molecule has 3 nitrogen and oxygen atoms in total. The maximum atomic E-state index is 14.2. The molecule has 3 aromatic carbocycles. The lowest BCUT2D eigenvalue weighted by molar-refractivity contribution is 0.0595. The average Bonchev–Trinajstić information content (AvgIpc) is 2.91. The van der Waals surface area contributed by atoms with Crippen LogP contribution >= 0.6 is 0 Å². The Kier molecular flexibility index (Phi) is 10.6. The van der Waals surface area contributed by atoms with Crippen LogP contribution in [0.3, 0.4) is 0 Å². The van der Waals surface area contributed by atoms with Crippen molar-refractivity contribution in [2.75, 3.05) is 18.6 Å². The number of unbranched alkanes of at least 4 members (excludes halogenated alkanes) is 3. The van der Waals surface area contributed by atoms with Gasteiger partial charge in [-0.3, -0.25) is 0 Å². The molecule has 0 fully saturated rings. The van der Waals surface area contributed by atoms with Crippen LogP contribution in [-0.2, 0) is 17.7 Å². The van der Waals surface area contributed by atoms with Crippen LogP contribution in [0.25, 0.3) is 0 Å². The number of nitrogens with zero attached hydrogens (tertiary/aromatic N) is 1. The van der Waals surface area contributed by atoms with Crippen molar-refractivity contribution >= 4 is 11.7 Å². The first-order valence-corrected chi connectivity index (χ1v) is 12.9. The van der Waals surface area contributed by atoms with Crippen molar-refractivity contribution < 1.29 is 13.9 Å². The summed E-state index contributed by atoms with van der Waals surface area (Å²) in [7, 11) is 1.26. The van der Waals surface area contributed by atoms with E-state index in [1.165, 1.54) is 31.6 Å². The second kappa shape index (κ2) is 14.1. The normalized spacial score (nSPS) is 10.4. The van der Waals surface area contributed by atoms with Crippen LogP contribution in [0, 0.1) is 17.7 Å². The first-order chi connectivity index (χ1) is 17.5. The van der Waals surface area contributed by atoms with Gasteiger partial charge in [-0.25, -0.2) is 9.18 Å². The van der Waals surface area contributed by atoms with Crippen LogP contribution in [0.4, 0.5) is 10.1 Å². The van der Waals surface area contributed by atoms with Crippen LogP contribution in [0.5, 0.6) is 0 Å². The minimum atomic E-state index is -0.665. The maximum Gasteiger partial charge on any atom is 0.340 e. The Morgan fingerprint density at radius 3 is 2.03 bits per heavy atom. The van der Waals surface area contributed by atoms with Gasteiger partial charge in [0.15, 0.2) is 0 Å². The summed E-state index contributed by atoms with van der Waals surface area (Å²) in [4.78, 5) is 14.2. The number of carbonyl (C=O) groups excluding carboxylic acids is 1. The van der Waals surface area contributed by atoms with Gasteiger partial charge in [-0.15, -0.1) is 0 Å². The van der Waals surface area contributed by atoms with Gasteiger partial charge in [-0.05, 0) is 72.9 Å². The smallest absolute Gasteiger partial charge is 0.340 e. The quantitative estimate of drug-likeness (QED) is 0.159. The summed E-state index contributed by atoms with van der Waals surface area (Å²) < 4.78 is 18.9. The van der Waals surface area contributed by atoms with Gasteiger partial charge in [-0.2, -0.15) is 0 Å². The molecule has 0 heterocycles. The fourth-order valence-electron chi connectivity index (χ4n) is 4.02. The van der Waals surface area contributed by atoms with Crippen LogP contribution in [0.1, 0.15) is 78.6 Å². The Hall–Kier alpha value is -3.58. The summed E-state index contributed by atoms with van der Waals surface area (Å²) >= 11 is 0. The number of ether oxygens (including phenoxy) is 1. The summed E-state index contributed by atoms with van der Waals surface area (Å²) in [5, 5.41) is 0. The number of esters is 1. The molecule has 4 heteroatoms. The fraction of sp³-hybridized carbons (Fsp3) is 0.344. The van der Waals surface area contributed by atoms with Gasteiger partial charge in [-0.1, -0.05) is 69.2 Å². The van der Waals surface area contributed by atoms with E-state index >= 15 is 0 Å². The highest BCUT2D eigenvalue weighted by atomic mass is 19.1. The molecule has 0 unspecified atom stereocenters. The molecule has 0 saturated carbocycles. The molecule has 0 spiro atoms. The topological polar surface area (TPSA) is 29.5 Å². The number of methoxy groups -OCH3 is 1. The highest BCUT2D eigenvalue weighted by Crippen LogP contribution is 2.23. The second-order valence-corrected chi connectivity index (χ2v) is 9.03. The number of anilines is 1. The highest BCUT2D eigenvalue weighted by Gasteiger charge is 2.16. The molecule has 0 atom stereocenters. The molecule has 0 bridgehead atoms. The molecule has 0 aliphatic heterocycles. The lowest BCUT2D eigenvalue weighted by atomic mass is 10.1. The first kappa shape index (κ1) is 27.0. The molecule has 0 radical (unpaired) electrons. The van der Waals surface area contributed by atoms with Crippen molar-refractivity contribution in [1.29, 1.82) is 0 Å². The van der Waals surface area contributed by atoms with E-state index in [-0.39, 0.29) is 5.56 Å². The molecule has 0 saturated heterocycles. The molecule has 0 aromatic heterocycles. The molecule has 0 aliphatic carbocycles. The van der Waals surface area contributed by atoms with Crippen LogP contribution in [0.15, 0.2) is 66.7 Å². The molecule has 3 aromatic rings. The first-order valence-electron chi connectivity index (χ1n) is 12.9. The zero-order chi connectivity index (χ0) is 25.8. The van der Waals surface area contributed by atoms with E-state index in [1.807, 2.05) is 12.1 Å². The average molecular weight is 486 g/mol. The van der Waals surface area contributed by atoms with Gasteiger partial charge in [0.25, 0.3) is 0 Å². The fourth-order valence-corrected chi connectivity index (χ4v) is 4.02. The Labute approximate surface area is 215 Å². The van der Waals surface area contributed by atoms with E-state index < -0.39 is 11.8 Å². The number of hydrogen-bond donors (Lipinski definition) is 0. The highest BCUT2D eigenvalue weighted by molar-refractivity contribution is 5.90. The Morgan fingerprint density at radius 2 is 1.44 bits per heavy atom. The van der Waals surface area contributed by atoms with Crippen LogP contribution in [0.2, 0.25) is 0 Å². The van der Waals surface area contributed by atoms with Crippen molar-refractivity contribution in [2.24, 2.45) is 0 Å². The second-order valence-electron chi connectivity index (χ2n) is 9.03. The number of halogens is 1. The standard InChI is InChI=1S/C32H36FNO2/c1-4-6-8-22-34(29-20-21-31(33)30(23-29)32(35)36-3)24-28-18-16-27(17-19-28)15-14-26-12-10-25(11-13-26)9-7-5-2/h10-13,16-21,23H,4-9,22,24H2,1-3H3. The predicted octanol–water partition coefficient (Wildman–Crippen LogP) is 7.55. The van der Waals surface area contributed by atoms with Gasteiger partial charge in [0.05, 0.1) is 12.7 Å². The summed E-state index contributed by atoms with van der Waals surface area (Å²) in [5.41, 5.74) is 5.22. The van der Waals surface area contributed by atoms with Crippen molar-refractivity contribution in [3.63, 3.8) is 0 Å². The number of carbonyl (C=O) groups is 1. The molecule has 36 heavy (non-hydrogen) atoms.